The Balaban J connectivity index is 1.61. The van der Waals surface area contributed by atoms with Crippen LogP contribution in [0.2, 0.25) is 0 Å². The molecule has 0 saturated carbocycles. The van der Waals surface area contributed by atoms with E-state index in [2.05, 4.69) is 20.7 Å². The van der Waals surface area contributed by atoms with Gasteiger partial charge in [0.05, 0.1) is 24.7 Å². The molecule has 0 saturated heterocycles. The molecule has 2 heterocycles. The van der Waals surface area contributed by atoms with E-state index in [0.29, 0.717) is 22.0 Å². The average molecular weight is 354 g/mol. The van der Waals surface area contributed by atoms with Crippen molar-refractivity contribution in [1.29, 1.82) is 0 Å². The van der Waals surface area contributed by atoms with Crippen LogP contribution in [-0.4, -0.2) is 34.2 Å². The number of amides is 1. The smallest absolute Gasteiger partial charge is 0.234 e. The van der Waals surface area contributed by atoms with Crippen molar-refractivity contribution in [2.75, 3.05) is 18.2 Å². The summed E-state index contributed by atoms with van der Waals surface area (Å²) in [6.07, 6.45) is 1.57. The number of hydrogen-bond donors (Lipinski definition) is 2. The fourth-order valence-corrected chi connectivity index (χ4v) is 3.19. The van der Waals surface area contributed by atoms with Crippen molar-refractivity contribution in [2.45, 2.75) is 5.03 Å². The van der Waals surface area contributed by atoms with Crippen LogP contribution >= 0.6 is 11.8 Å². The fourth-order valence-electron chi connectivity index (χ4n) is 2.60. The lowest BCUT2D eigenvalue weighted by atomic mass is 10.1. The minimum Gasteiger partial charge on any atom is -0.495 e. The number of carbonyl (C=O) groups is 1. The van der Waals surface area contributed by atoms with Gasteiger partial charge in [-0.1, -0.05) is 30.0 Å². The Labute approximate surface area is 146 Å². The standard InChI is InChI=1S/C17H14N4O3S/c1-23-15-6-11-10-4-2-3-5-13(10)24-14(11)7-12(15)19-16(22)9-25-17-8-18-21-20-17/h2-8H,9H2,1H3,(H,19,22)(H,18,20,21). The summed E-state index contributed by atoms with van der Waals surface area (Å²) in [5.41, 5.74) is 2.06. The van der Waals surface area contributed by atoms with E-state index < -0.39 is 0 Å². The lowest BCUT2D eigenvalue weighted by molar-refractivity contribution is -0.113. The van der Waals surface area contributed by atoms with Crippen molar-refractivity contribution < 1.29 is 13.9 Å². The van der Waals surface area contributed by atoms with Gasteiger partial charge in [-0.3, -0.25) is 4.79 Å². The molecule has 4 aromatic rings. The van der Waals surface area contributed by atoms with Gasteiger partial charge in [0, 0.05) is 16.8 Å². The minimum absolute atomic E-state index is 0.165. The maximum absolute atomic E-state index is 12.2. The fraction of sp³-hybridized carbons (Fsp3) is 0.118. The molecule has 8 heteroatoms. The van der Waals surface area contributed by atoms with Crippen LogP contribution in [0.15, 0.2) is 52.0 Å². The normalized spacial score (nSPS) is 11.1. The van der Waals surface area contributed by atoms with Crippen LogP contribution in [0.3, 0.4) is 0 Å². The zero-order valence-corrected chi connectivity index (χ0v) is 14.1. The van der Waals surface area contributed by atoms with Gasteiger partial charge in [0.25, 0.3) is 0 Å². The van der Waals surface area contributed by atoms with Gasteiger partial charge in [-0.25, -0.2) is 0 Å². The number of methoxy groups -OCH3 is 1. The van der Waals surface area contributed by atoms with E-state index in [4.69, 9.17) is 9.15 Å². The van der Waals surface area contributed by atoms with Crippen LogP contribution in [0.5, 0.6) is 5.75 Å². The largest absolute Gasteiger partial charge is 0.495 e. The number of nitrogens with one attached hydrogen (secondary N) is 2. The number of thioether (sulfide) groups is 1. The van der Waals surface area contributed by atoms with Gasteiger partial charge in [0.15, 0.2) is 0 Å². The molecule has 0 fully saturated rings. The van der Waals surface area contributed by atoms with Gasteiger partial charge in [-0.05, 0) is 12.1 Å². The van der Waals surface area contributed by atoms with Crippen LogP contribution < -0.4 is 10.1 Å². The number of hydrogen-bond acceptors (Lipinski definition) is 6. The molecule has 25 heavy (non-hydrogen) atoms. The average Bonchev–Trinajstić information content (AvgIpc) is 3.26. The maximum Gasteiger partial charge on any atom is 0.234 e. The Bertz CT molecular complexity index is 1040. The van der Waals surface area contributed by atoms with Gasteiger partial charge >= 0.3 is 0 Å². The molecule has 2 aromatic carbocycles. The second-order valence-corrected chi connectivity index (χ2v) is 6.29. The first kappa shape index (κ1) is 15.5. The quantitative estimate of drug-likeness (QED) is 0.533. The Morgan fingerprint density at radius 3 is 2.96 bits per heavy atom. The van der Waals surface area contributed by atoms with E-state index in [9.17, 15) is 4.79 Å². The highest BCUT2D eigenvalue weighted by molar-refractivity contribution is 7.99. The van der Waals surface area contributed by atoms with Crippen LogP contribution in [0.1, 0.15) is 0 Å². The van der Waals surface area contributed by atoms with E-state index in [1.807, 2.05) is 30.3 Å². The number of nitrogens with zero attached hydrogens (tertiary/aromatic N) is 2. The van der Waals surface area contributed by atoms with Crippen molar-refractivity contribution in [2.24, 2.45) is 0 Å². The van der Waals surface area contributed by atoms with Crippen LogP contribution in [0.25, 0.3) is 21.9 Å². The van der Waals surface area contributed by atoms with Crippen LogP contribution in [0.4, 0.5) is 5.69 Å². The van der Waals surface area contributed by atoms with E-state index >= 15 is 0 Å². The van der Waals surface area contributed by atoms with Crippen molar-refractivity contribution in [3.05, 3.63) is 42.6 Å². The number of aromatic nitrogens is 3. The summed E-state index contributed by atoms with van der Waals surface area (Å²) in [7, 11) is 1.57. The molecule has 0 atom stereocenters. The SMILES string of the molecule is COc1cc2c(cc1NC(=O)CSc1cn[nH]n1)oc1ccccc12. The van der Waals surface area contributed by atoms with E-state index in [-0.39, 0.29) is 11.7 Å². The molecule has 0 radical (unpaired) electrons. The maximum atomic E-state index is 12.2. The van der Waals surface area contributed by atoms with Crippen molar-refractivity contribution in [3.8, 4) is 5.75 Å². The van der Waals surface area contributed by atoms with Crippen molar-refractivity contribution in [1.82, 2.24) is 15.4 Å². The molecule has 0 bridgehead atoms. The summed E-state index contributed by atoms with van der Waals surface area (Å²) in [6, 6.07) is 11.4. The Morgan fingerprint density at radius 2 is 2.16 bits per heavy atom. The van der Waals surface area contributed by atoms with Gasteiger partial charge in [-0.15, -0.1) is 5.10 Å². The van der Waals surface area contributed by atoms with Crippen molar-refractivity contribution >= 4 is 45.3 Å². The number of aromatic amines is 1. The number of carbonyl (C=O) groups excluding carboxylic acids is 1. The van der Waals surface area contributed by atoms with Gasteiger partial charge in [0.2, 0.25) is 5.91 Å². The highest BCUT2D eigenvalue weighted by Gasteiger charge is 2.14. The summed E-state index contributed by atoms with van der Waals surface area (Å²) in [6.45, 7) is 0. The Morgan fingerprint density at radius 1 is 1.28 bits per heavy atom. The number of ether oxygens (including phenoxy) is 1. The second kappa shape index (κ2) is 6.48. The monoisotopic (exact) mass is 354 g/mol. The summed E-state index contributed by atoms with van der Waals surface area (Å²) < 4.78 is 11.3. The molecule has 126 valence electrons. The molecule has 0 aliphatic heterocycles. The summed E-state index contributed by atoms with van der Waals surface area (Å²) in [5.74, 6) is 0.633. The lowest BCUT2D eigenvalue weighted by Gasteiger charge is -2.10. The third kappa shape index (κ3) is 3.03. The van der Waals surface area contributed by atoms with E-state index in [1.54, 1.807) is 19.4 Å². The summed E-state index contributed by atoms with van der Waals surface area (Å²) >= 11 is 1.29. The van der Waals surface area contributed by atoms with E-state index in [1.165, 1.54) is 11.8 Å². The molecule has 1 amide bonds. The number of para-hydroxylation sites is 1. The molecular weight excluding hydrogens is 340 g/mol. The van der Waals surface area contributed by atoms with E-state index in [0.717, 1.165) is 16.4 Å². The predicted octanol–water partition coefficient (Wildman–Crippen LogP) is 3.44. The number of anilines is 1. The number of furan rings is 1. The van der Waals surface area contributed by atoms with Crippen molar-refractivity contribution in [3.63, 3.8) is 0 Å². The van der Waals surface area contributed by atoms with Crippen LogP contribution in [-0.2, 0) is 4.79 Å². The molecule has 0 spiro atoms. The second-order valence-electron chi connectivity index (χ2n) is 5.29. The third-order valence-electron chi connectivity index (χ3n) is 3.72. The third-order valence-corrected chi connectivity index (χ3v) is 4.62. The molecule has 4 rings (SSSR count). The first-order chi connectivity index (χ1) is 12.2. The van der Waals surface area contributed by atoms with Gasteiger partial charge in [-0.2, -0.15) is 10.3 Å². The predicted molar refractivity (Wildman–Crippen MR) is 96.0 cm³/mol. The highest BCUT2D eigenvalue weighted by Crippen LogP contribution is 2.36. The minimum atomic E-state index is -0.165. The first-order valence-electron chi connectivity index (χ1n) is 7.52. The first-order valence-corrected chi connectivity index (χ1v) is 8.51. The number of fused-ring (bicyclic) bond motifs is 3. The molecule has 2 aromatic heterocycles. The molecule has 0 unspecified atom stereocenters. The van der Waals surface area contributed by atoms with Gasteiger partial charge in [0.1, 0.15) is 21.9 Å². The zero-order chi connectivity index (χ0) is 17.2. The zero-order valence-electron chi connectivity index (χ0n) is 13.3. The lowest BCUT2D eigenvalue weighted by Crippen LogP contribution is -2.14. The number of rotatable bonds is 5. The summed E-state index contributed by atoms with van der Waals surface area (Å²) in [4.78, 5) is 12.2. The van der Waals surface area contributed by atoms with Gasteiger partial charge < -0.3 is 14.5 Å². The number of benzene rings is 2. The highest BCUT2D eigenvalue weighted by atomic mass is 32.2. The summed E-state index contributed by atoms with van der Waals surface area (Å²) in [5, 5.41) is 15.6. The molecule has 0 aliphatic rings. The van der Waals surface area contributed by atoms with Crippen LogP contribution in [0, 0.1) is 0 Å². The Kier molecular flexibility index (Phi) is 4.02. The molecule has 0 aliphatic carbocycles. The molecule has 2 N–H and O–H groups in total. The number of H-pyrrole nitrogens is 1. The molecule has 7 nitrogen and oxygen atoms in total. The Hall–Kier alpha value is -3.00. The molecular formula is C17H14N4O3S. The topological polar surface area (TPSA) is 93.0 Å².